The Hall–Kier alpha value is -0.990. The minimum Gasteiger partial charge on any atom is -0.264 e. The number of tetrazole rings is 1. The van der Waals surface area contributed by atoms with Crippen molar-refractivity contribution in [1.82, 2.24) is 30.0 Å². The van der Waals surface area contributed by atoms with Gasteiger partial charge in [0.15, 0.2) is 5.82 Å². The first-order valence-corrected chi connectivity index (χ1v) is 5.15. The van der Waals surface area contributed by atoms with Crippen LogP contribution in [0.5, 0.6) is 0 Å². The van der Waals surface area contributed by atoms with Crippen molar-refractivity contribution >= 4 is 22.6 Å². The molecule has 6 nitrogen and oxygen atoms in total. The van der Waals surface area contributed by atoms with Gasteiger partial charge in [0.05, 0.1) is 7.05 Å². The summed E-state index contributed by atoms with van der Waals surface area (Å²) in [6, 6.07) is 0. The van der Waals surface area contributed by atoms with Gasteiger partial charge >= 0.3 is 0 Å². The maximum absolute atomic E-state index is 4.30. The van der Waals surface area contributed by atoms with E-state index >= 15 is 0 Å². The monoisotopic (exact) mass is 304 g/mol. The second kappa shape index (κ2) is 3.64. The molecule has 0 fully saturated rings. The van der Waals surface area contributed by atoms with Gasteiger partial charge in [-0.2, -0.15) is 9.90 Å². The number of hydrogen-bond donors (Lipinski definition) is 0. The van der Waals surface area contributed by atoms with E-state index in [4.69, 9.17) is 0 Å². The molecule has 0 amide bonds. The van der Waals surface area contributed by atoms with E-state index in [0.29, 0.717) is 12.4 Å². The second-order valence-electron chi connectivity index (χ2n) is 3.00. The average molecular weight is 304 g/mol. The predicted molar refractivity (Wildman–Crippen MR) is 57.6 cm³/mol. The van der Waals surface area contributed by atoms with Gasteiger partial charge in [-0.3, -0.25) is 4.68 Å². The quantitative estimate of drug-likeness (QED) is 0.752. The van der Waals surface area contributed by atoms with E-state index in [1.807, 2.05) is 17.8 Å². The van der Waals surface area contributed by atoms with Gasteiger partial charge in [-0.1, -0.05) is 0 Å². The molecule has 0 aromatic carbocycles. The summed E-state index contributed by atoms with van der Waals surface area (Å²) in [7, 11) is 1.74. The molecule has 0 N–H and O–H groups in total. The highest BCUT2D eigenvalue weighted by Gasteiger charge is 2.05. The molecule has 74 valence electrons. The lowest BCUT2D eigenvalue weighted by Gasteiger charge is -1.93. The SMILES string of the molecule is Cc1cn(Cc2nnn(C)n2)nc1I. The number of rotatable bonds is 2. The molecule has 0 atom stereocenters. The Kier molecular flexibility index (Phi) is 2.48. The fourth-order valence-corrected chi connectivity index (χ4v) is 1.53. The molecule has 0 saturated heterocycles. The van der Waals surface area contributed by atoms with Crippen LogP contribution in [0.2, 0.25) is 0 Å². The summed E-state index contributed by atoms with van der Waals surface area (Å²) in [5, 5.41) is 16.0. The molecule has 14 heavy (non-hydrogen) atoms. The maximum Gasteiger partial charge on any atom is 0.196 e. The Bertz CT molecular complexity index is 425. The van der Waals surface area contributed by atoms with Gasteiger partial charge in [-0.15, -0.1) is 10.2 Å². The van der Waals surface area contributed by atoms with E-state index in [9.17, 15) is 0 Å². The summed E-state index contributed by atoms with van der Waals surface area (Å²) < 4.78 is 2.82. The van der Waals surface area contributed by atoms with Crippen LogP contribution in [0, 0.1) is 10.6 Å². The van der Waals surface area contributed by atoms with E-state index in [0.717, 1.165) is 9.26 Å². The molecular formula is C7H9IN6. The topological polar surface area (TPSA) is 61.4 Å². The molecule has 2 aromatic rings. The molecule has 0 radical (unpaired) electrons. The number of halogens is 1. The Balaban J connectivity index is 2.18. The van der Waals surface area contributed by atoms with Crippen molar-refractivity contribution < 1.29 is 0 Å². The normalized spacial score (nSPS) is 10.8. The third kappa shape index (κ3) is 1.91. The molecule has 0 aliphatic rings. The first-order valence-electron chi connectivity index (χ1n) is 4.07. The summed E-state index contributed by atoms with van der Waals surface area (Å²) in [6.07, 6.45) is 1.97. The Labute approximate surface area is 94.4 Å². The van der Waals surface area contributed by atoms with Crippen molar-refractivity contribution in [3.8, 4) is 0 Å². The zero-order valence-corrected chi connectivity index (χ0v) is 10.0. The average Bonchev–Trinajstić information content (AvgIpc) is 2.62. The van der Waals surface area contributed by atoms with Crippen molar-refractivity contribution in [1.29, 1.82) is 0 Å². The number of aryl methyl sites for hydroxylation is 2. The van der Waals surface area contributed by atoms with Crippen LogP contribution in [0.1, 0.15) is 11.4 Å². The maximum atomic E-state index is 4.30. The lowest BCUT2D eigenvalue weighted by Crippen LogP contribution is -2.03. The number of hydrogen-bond acceptors (Lipinski definition) is 4. The predicted octanol–water partition coefficient (Wildman–Crippen LogP) is 0.368. The number of nitrogens with zero attached hydrogens (tertiary/aromatic N) is 6. The molecule has 2 aromatic heterocycles. The van der Waals surface area contributed by atoms with Crippen molar-refractivity contribution in [3.05, 3.63) is 21.3 Å². The summed E-state index contributed by atoms with van der Waals surface area (Å²) in [5.41, 5.74) is 1.16. The zero-order chi connectivity index (χ0) is 10.1. The van der Waals surface area contributed by atoms with Gasteiger partial charge in [-0.05, 0) is 34.7 Å². The van der Waals surface area contributed by atoms with E-state index < -0.39 is 0 Å². The largest absolute Gasteiger partial charge is 0.264 e. The van der Waals surface area contributed by atoms with Crippen molar-refractivity contribution in [2.45, 2.75) is 13.5 Å². The molecule has 7 heteroatoms. The van der Waals surface area contributed by atoms with Crippen LogP contribution in [0.15, 0.2) is 6.20 Å². The van der Waals surface area contributed by atoms with Crippen molar-refractivity contribution in [3.63, 3.8) is 0 Å². The summed E-state index contributed by atoms with van der Waals surface area (Å²) in [5.74, 6) is 0.673. The molecule has 0 aliphatic carbocycles. The van der Waals surface area contributed by atoms with Gasteiger partial charge in [0.2, 0.25) is 0 Å². The molecule has 0 unspecified atom stereocenters. The third-order valence-corrected chi connectivity index (χ3v) is 2.80. The van der Waals surface area contributed by atoms with Crippen LogP contribution in [0.3, 0.4) is 0 Å². The third-order valence-electron chi connectivity index (χ3n) is 1.74. The van der Waals surface area contributed by atoms with Crippen LogP contribution in [0.25, 0.3) is 0 Å². The Morgan fingerprint density at radius 3 is 2.71 bits per heavy atom. The fourth-order valence-electron chi connectivity index (χ4n) is 1.11. The molecule has 2 heterocycles. The lowest BCUT2D eigenvalue weighted by atomic mass is 10.4. The van der Waals surface area contributed by atoms with Crippen LogP contribution < -0.4 is 0 Å². The van der Waals surface area contributed by atoms with Gasteiger partial charge in [0.1, 0.15) is 10.2 Å². The smallest absolute Gasteiger partial charge is 0.196 e. The van der Waals surface area contributed by atoms with E-state index in [2.05, 4.69) is 43.1 Å². The zero-order valence-electron chi connectivity index (χ0n) is 7.85. The summed E-state index contributed by atoms with van der Waals surface area (Å²) >= 11 is 2.20. The van der Waals surface area contributed by atoms with Gasteiger partial charge in [-0.25, -0.2) is 0 Å². The standard InChI is InChI=1S/C7H9IN6/c1-5-3-14(11-7(5)8)4-6-9-12-13(2)10-6/h3H,4H2,1-2H3. The fraction of sp³-hybridized carbons (Fsp3) is 0.429. The molecule has 0 spiro atoms. The van der Waals surface area contributed by atoms with Crippen LogP contribution in [-0.2, 0) is 13.6 Å². The molecule has 0 saturated carbocycles. The van der Waals surface area contributed by atoms with E-state index in [-0.39, 0.29) is 0 Å². The minimum atomic E-state index is 0.567. The van der Waals surface area contributed by atoms with Crippen LogP contribution in [0.4, 0.5) is 0 Å². The minimum absolute atomic E-state index is 0.567. The van der Waals surface area contributed by atoms with Crippen molar-refractivity contribution in [2.75, 3.05) is 0 Å². The highest BCUT2D eigenvalue weighted by atomic mass is 127. The highest BCUT2D eigenvalue weighted by Crippen LogP contribution is 2.08. The molecular weight excluding hydrogens is 295 g/mol. The van der Waals surface area contributed by atoms with Gasteiger partial charge in [0, 0.05) is 11.8 Å². The molecule has 2 rings (SSSR count). The first-order chi connectivity index (χ1) is 6.65. The second-order valence-corrected chi connectivity index (χ2v) is 4.02. The van der Waals surface area contributed by atoms with Gasteiger partial charge < -0.3 is 0 Å². The molecule has 0 bridgehead atoms. The first kappa shape index (κ1) is 9.56. The highest BCUT2D eigenvalue weighted by molar-refractivity contribution is 14.1. The Morgan fingerprint density at radius 1 is 1.43 bits per heavy atom. The molecule has 0 aliphatic heterocycles. The van der Waals surface area contributed by atoms with E-state index in [1.165, 1.54) is 4.80 Å². The lowest BCUT2D eigenvalue weighted by molar-refractivity contribution is 0.616. The summed E-state index contributed by atoms with van der Waals surface area (Å²) in [4.78, 5) is 1.44. The number of aromatic nitrogens is 6. The van der Waals surface area contributed by atoms with Crippen molar-refractivity contribution in [2.24, 2.45) is 7.05 Å². The summed E-state index contributed by atoms with van der Waals surface area (Å²) in [6.45, 7) is 2.59. The van der Waals surface area contributed by atoms with Gasteiger partial charge in [0.25, 0.3) is 0 Å². The van der Waals surface area contributed by atoms with Crippen LogP contribution >= 0.6 is 22.6 Å². The Morgan fingerprint density at radius 2 is 2.21 bits per heavy atom. The van der Waals surface area contributed by atoms with E-state index in [1.54, 1.807) is 7.05 Å². The van der Waals surface area contributed by atoms with Crippen LogP contribution in [-0.4, -0.2) is 30.0 Å².